The van der Waals surface area contributed by atoms with E-state index in [-0.39, 0.29) is 11.9 Å². The molecule has 0 heterocycles. The minimum absolute atomic E-state index is 0.103. The summed E-state index contributed by atoms with van der Waals surface area (Å²) >= 11 is 12.2. The van der Waals surface area contributed by atoms with E-state index in [1.54, 1.807) is 18.2 Å². The van der Waals surface area contributed by atoms with Crippen molar-refractivity contribution in [3.63, 3.8) is 0 Å². The summed E-state index contributed by atoms with van der Waals surface area (Å²) in [4.78, 5) is 14.8. The molecule has 0 aliphatic carbocycles. The Kier molecular flexibility index (Phi) is 7.10. The number of nitrogens with zero attached hydrogens (tertiary/aromatic N) is 1. The third-order valence-corrected chi connectivity index (χ3v) is 4.71. The summed E-state index contributed by atoms with van der Waals surface area (Å²) in [6.07, 6.45) is 0. The number of likely N-dealkylation sites (N-methyl/N-ethyl adjacent to an activating group) is 1. The molecule has 0 bridgehead atoms. The van der Waals surface area contributed by atoms with Crippen LogP contribution in [0.15, 0.2) is 48.5 Å². The highest BCUT2D eigenvalue weighted by Gasteiger charge is 2.20. The molecule has 0 aliphatic heterocycles. The van der Waals surface area contributed by atoms with Gasteiger partial charge in [-0.25, -0.2) is 0 Å². The second-order valence-electron chi connectivity index (χ2n) is 5.45. The second kappa shape index (κ2) is 9.07. The zero-order chi connectivity index (χ0) is 17.5. The fraction of sp³-hybridized carbons (Fsp3) is 0.316. The maximum atomic E-state index is 12.5. The van der Waals surface area contributed by atoms with Crippen molar-refractivity contribution in [1.82, 2.24) is 10.2 Å². The minimum Gasteiger partial charge on any atom is -0.350 e. The van der Waals surface area contributed by atoms with E-state index < -0.39 is 0 Å². The Morgan fingerprint density at radius 1 is 1.00 bits per heavy atom. The third kappa shape index (κ3) is 4.50. The van der Waals surface area contributed by atoms with Crippen molar-refractivity contribution in [3.05, 3.63) is 69.7 Å². The number of carbonyl (C=O) groups is 1. The summed E-state index contributed by atoms with van der Waals surface area (Å²) in [6, 6.07) is 15.3. The Labute approximate surface area is 153 Å². The summed E-state index contributed by atoms with van der Waals surface area (Å²) in [5, 5.41) is 3.70. The maximum Gasteiger partial charge on any atom is 0.254 e. The number of amides is 1. The Morgan fingerprint density at radius 3 is 2.12 bits per heavy atom. The van der Waals surface area contributed by atoms with Crippen LogP contribution in [-0.4, -0.2) is 30.4 Å². The van der Waals surface area contributed by atoms with E-state index in [1.165, 1.54) is 5.56 Å². The SMILES string of the molecule is CCN(CC)C(CNC(=O)c1c(Cl)cccc1Cl)c1ccccc1. The lowest BCUT2D eigenvalue weighted by atomic mass is 10.0. The van der Waals surface area contributed by atoms with Gasteiger partial charge in [0.2, 0.25) is 0 Å². The lowest BCUT2D eigenvalue weighted by Gasteiger charge is -2.30. The molecule has 1 amide bonds. The van der Waals surface area contributed by atoms with Gasteiger partial charge < -0.3 is 5.32 Å². The first kappa shape index (κ1) is 18.8. The first-order chi connectivity index (χ1) is 11.6. The van der Waals surface area contributed by atoms with Crippen LogP contribution in [0.5, 0.6) is 0 Å². The number of halogens is 2. The van der Waals surface area contributed by atoms with Gasteiger partial charge in [-0.1, -0.05) is 73.4 Å². The normalized spacial score (nSPS) is 12.2. The van der Waals surface area contributed by atoms with Crippen molar-refractivity contribution < 1.29 is 4.79 Å². The Balaban J connectivity index is 2.17. The molecule has 24 heavy (non-hydrogen) atoms. The predicted molar refractivity (Wildman–Crippen MR) is 101 cm³/mol. The van der Waals surface area contributed by atoms with Crippen LogP contribution in [0.4, 0.5) is 0 Å². The van der Waals surface area contributed by atoms with E-state index in [2.05, 4.69) is 36.2 Å². The Bertz CT molecular complexity index is 652. The zero-order valence-corrected chi connectivity index (χ0v) is 15.4. The molecule has 1 N–H and O–H groups in total. The summed E-state index contributed by atoms with van der Waals surface area (Å²) in [5.74, 6) is -0.251. The molecule has 1 atom stereocenters. The van der Waals surface area contributed by atoms with Crippen LogP contribution in [0.1, 0.15) is 35.8 Å². The second-order valence-corrected chi connectivity index (χ2v) is 6.27. The molecule has 2 rings (SSSR count). The number of rotatable bonds is 7. The van der Waals surface area contributed by atoms with Gasteiger partial charge >= 0.3 is 0 Å². The van der Waals surface area contributed by atoms with Gasteiger partial charge in [-0.05, 0) is 30.8 Å². The first-order valence-electron chi connectivity index (χ1n) is 8.09. The van der Waals surface area contributed by atoms with Crippen LogP contribution in [-0.2, 0) is 0 Å². The van der Waals surface area contributed by atoms with Crippen LogP contribution in [0.25, 0.3) is 0 Å². The lowest BCUT2D eigenvalue weighted by molar-refractivity contribution is 0.0935. The van der Waals surface area contributed by atoms with Gasteiger partial charge in [0.15, 0.2) is 0 Å². The van der Waals surface area contributed by atoms with Gasteiger partial charge in [-0.3, -0.25) is 9.69 Å². The Morgan fingerprint density at radius 2 is 1.58 bits per heavy atom. The fourth-order valence-electron chi connectivity index (χ4n) is 2.79. The topological polar surface area (TPSA) is 32.3 Å². The van der Waals surface area contributed by atoms with Gasteiger partial charge in [0.25, 0.3) is 5.91 Å². The smallest absolute Gasteiger partial charge is 0.254 e. The summed E-state index contributed by atoms with van der Waals surface area (Å²) < 4.78 is 0. The first-order valence-corrected chi connectivity index (χ1v) is 8.85. The van der Waals surface area contributed by atoms with Crippen LogP contribution in [0, 0.1) is 0 Å². The van der Waals surface area contributed by atoms with Gasteiger partial charge in [0, 0.05) is 6.54 Å². The highest BCUT2D eigenvalue weighted by atomic mass is 35.5. The molecular formula is C19H22Cl2N2O. The van der Waals surface area contributed by atoms with Gasteiger partial charge in [0.1, 0.15) is 0 Å². The van der Waals surface area contributed by atoms with Crippen LogP contribution < -0.4 is 5.32 Å². The van der Waals surface area contributed by atoms with Crippen molar-refractivity contribution in [3.8, 4) is 0 Å². The van der Waals surface area contributed by atoms with Crippen molar-refractivity contribution in [2.24, 2.45) is 0 Å². The minimum atomic E-state index is -0.251. The highest BCUT2D eigenvalue weighted by Crippen LogP contribution is 2.25. The molecule has 5 heteroatoms. The summed E-state index contributed by atoms with van der Waals surface area (Å²) in [5.41, 5.74) is 1.50. The molecule has 2 aromatic carbocycles. The molecular weight excluding hydrogens is 343 g/mol. The maximum absolute atomic E-state index is 12.5. The molecule has 0 radical (unpaired) electrons. The lowest BCUT2D eigenvalue weighted by Crippen LogP contribution is -2.38. The van der Waals surface area contributed by atoms with Crippen molar-refractivity contribution >= 4 is 29.1 Å². The molecule has 0 saturated carbocycles. The van der Waals surface area contributed by atoms with Crippen LogP contribution in [0.2, 0.25) is 10.0 Å². The summed E-state index contributed by atoms with van der Waals surface area (Å²) in [6.45, 7) is 6.53. The largest absolute Gasteiger partial charge is 0.350 e. The molecule has 0 fully saturated rings. The molecule has 0 saturated heterocycles. The predicted octanol–water partition coefficient (Wildman–Crippen LogP) is 4.81. The van der Waals surface area contributed by atoms with Crippen LogP contribution in [0.3, 0.4) is 0 Å². The highest BCUT2D eigenvalue weighted by molar-refractivity contribution is 6.39. The fourth-order valence-corrected chi connectivity index (χ4v) is 3.36. The average Bonchev–Trinajstić information content (AvgIpc) is 2.59. The molecule has 0 aromatic heterocycles. The monoisotopic (exact) mass is 364 g/mol. The zero-order valence-electron chi connectivity index (χ0n) is 13.9. The molecule has 0 aliphatic rings. The number of nitrogens with one attached hydrogen (secondary N) is 1. The standard InChI is InChI=1S/C19H22Cl2N2O/c1-3-23(4-2)17(14-9-6-5-7-10-14)13-22-19(24)18-15(20)11-8-12-16(18)21/h5-12,17H,3-4,13H2,1-2H3,(H,22,24). The van der Waals surface area contributed by atoms with Crippen molar-refractivity contribution in [2.75, 3.05) is 19.6 Å². The molecule has 1 unspecified atom stereocenters. The molecule has 128 valence electrons. The number of benzene rings is 2. The number of carbonyl (C=O) groups excluding carboxylic acids is 1. The van der Waals surface area contributed by atoms with E-state index in [0.29, 0.717) is 22.2 Å². The van der Waals surface area contributed by atoms with E-state index in [0.717, 1.165) is 13.1 Å². The third-order valence-electron chi connectivity index (χ3n) is 4.08. The van der Waals surface area contributed by atoms with E-state index in [9.17, 15) is 4.79 Å². The molecule has 3 nitrogen and oxygen atoms in total. The molecule has 2 aromatic rings. The quantitative estimate of drug-likeness (QED) is 0.764. The van der Waals surface area contributed by atoms with Crippen molar-refractivity contribution in [1.29, 1.82) is 0 Å². The molecule has 0 spiro atoms. The number of hydrogen-bond donors (Lipinski definition) is 1. The van der Waals surface area contributed by atoms with E-state index >= 15 is 0 Å². The average molecular weight is 365 g/mol. The van der Waals surface area contributed by atoms with E-state index in [4.69, 9.17) is 23.2 Å². The van der Waals surface area contributed by atoms with Gasteiger partial charge in [0.05, 0.1) is 21.7 Å². The van der Waals surface area contributed by atoms with Crippen LogP contribution >= 0.6 is 23.2 Å². The number of hydrogen-bond acceptors (Lipinski definition) is 2. The van der Waals surface area contributed by atoms with E-state index in [1.807, 2.05) is 18.2 Å². The Hall–Kier alpha value is -1.55. The van der Waals surface area contributed by atoms with Gasteiger partial charge in [-0.15, -0.1) is 0 Å². The summed E-state index contributed by atoms with van der Waals surface area (Å²) in [7, 11) is 0. The van der Waals surface area contributed by atoms with Gasteiger partial charge in [-0.2, -0.15) is 0 Å². The van der Waals surface area contributed by atoms with Crippen molar-refractivity contribution in [2.45, 2.75) is 19.9 Å².